The number of hydrogen-bond donors (Lipinski definition) is 2. The normalized spacial score (nSPS) is 12.9. The summed E-state index contributed by atoms with van der Waals surface area (Å²) >= 11 is 5.96. The number of nitrogens with one attached hydrogen (secondary N) is 1. The van der Waals surface area contributed by atoms with Crippen LogP contribution in [0.15, 0.2) is 30.5 Å². The van der Waals surface area contributed by atoms with Crippen LogP contribution in [-0.4, -0.2) is 29.6 Å². The lowest BCUT2D eigenvalue weighted by molar-refractivity contribution is 0.337. The van der Waals surface area contributed by atoms with Gasteiger partial charge in [-0.2, -0.15) is 0 Å². The fourth-order valence-electron chi connectivity index (χ4n) is 1.99. The van der Waals surface area contributed by atoms with Crippen LogP contribution in [0.25, 0.3) is 10.9 Å². The summed E-state index contributed by atoms with van der Waals surface area (Å²) in [5.41, 5.74) is 1.94. The minimum absolute atomic E-state index is 0.251. The number of aromatic nitrogens is 1. The Kier molecular flexibility index (Phi) is 4.01. The zero-order valence-electron chi connectivity index (χ0n) is 10.5. The van der Waals surface area contributed by atoms with Crippen molar-refractivity contribution in [1.82, 2.24) is 9.99 Å². The molecule has 0 saturated heterocycles. The lowest BCUT2D eigenvalue weighted by Crippen LogP contribution is -2.36. The lowest BCUT2D eigenvalue weighted by Gasteiger charge is -2.20. The Morgan fingerprint density at radius 3 is 2.94 bits per heavy atom. The molecule has 1 unspecified atom stereocenters. The van der Waals surface area contributed by atoms with Crippen LogP contribution in [0.1, 0.15) is 6.92 Å². The Labute approximate surface area is 112 Å². The third-order valence-corrected chi connectivity index (χ3v) is 2.90. The van der Waals surface area contributed by atoms with E-state index in [2.05, 4.69) is 17.2 Å². The molecule has 1 atom stereocenters. The number of nitrogens with zero attached hydrogens (tertiary/aromatic N) is 2. The van der Waals surface area contributed by atoms with Gasteiger partial charge < -0.3 is 5.32 Å². The van der Waals surface area contributed by atoms with E-state index in [1.807, 2.05) is 31.3 Å². The van der Waals surface area contributed by atoms with E-state index in [-0.39, 0.29) is 6.04 Å². The van der Waals surface area contributed by atoms with Crippen LogP contribution in [0.5, 0.6) is 0 Å². The molecule has 0 fully saturated rings. The maximum Gasteiger partial charge on any atom is 0.0737 e. The highest BCUT2D eigenvalue weighted by Gasteiger charge is 2.07. The topological polar surface area (TPSA) is 54.2 Å². The molecule has 0 aliphatic carbocycles. The largest absolute Gasteiger partial charge is 0.381 e. The van der Waals surface area contributed by atoms with Gasteiger partial charge >= 0.3 is 0 Å². The number of pyridine rings is 1. The number of fused-ring (bicyclic) bond motifs is 1. The van der Waals surface area contributed by atoms with Gasteiger partial charge in [-0.3, -0.25) is 10.8 Å². The van der Waals surface area contributed by atoms with E-state index in [1.165, 1.54) is 0 Å². The number of anilines is 1. The molecular weight excluding hydrogens is 248 g/mol. The average Bonchev–Trinajstić information content (AvgIpc) is 2.27. The van der Waals surface area contributed by atoms with Crippen molar-refractivity contribution >= 4 is 28.2 Å². The van der Waals surface area contributed by atoms with Gasteiger partial charge in [-0.15, -0.1) is 0 Å². The summed E-state index contributed by atoms with van der Waals surface area (Å²) in [5, 5.41) is 6.86. The summed E-state index contributed by atoms with van der Waals surface area (Å²) in [6, 6.07) is 7.93. The van der Waals surface area contributed by atoms with Crippen LogP contribution in [0.3, 0.4) is 0 Å². The predicted octanol–water partition coefficient (Wildman–Crippen LogP) is 2.49. The second-order valence-corrected chi connectivity index (χ2v) is 4.94. The van der Waals surface area contributed by atoms with E-state index in [1.54, 1.807) is 11.2 Å². The van der Waals surface area contributed by atoms with E-state index in [0.29, 0.717) is 5.02 Å². The van der Waals surface area contributed by atoms with Crippen LogP contribution in [0, 0.1) is 0 Å². The molecule has 0 aliphatic heterocycles. The van der Waals surface area contributed by atoms with Gasteiger partial charge in [-0.05, 0) is 31.2 Å². The van der Waals surface area contributed by atoms with E-state index in [0.717, 1.165) is 23.1 Å². The van der Waals surface area contributed by atoms with Crippen molar-refractivity contribution in [3.05, 3.63) is 35.5 Å². The van der Waals surface area contributed by atoms with Gasteiger partial charge in [0.15, 0.2) is 0 Å². The molecule has 1 heterocycles. The molecule has 0 bridgehead atoms. The van der Waals surface area contributed by atoms with Crippen molar-refractivity contribution < 1.29 is 0 Å². The minimum atomic E-state index is 0.251. The van der Waals surface area contributed by atoms with Gasteiger partial charge in [0.25, 0.3) is 0 Å². The number of hydrogen-bond acceptors (Lipinski definition) is 4. The summed E-state index contributed by atoms with van der Waals surface area (Å²) < 4.78 is 0. The number of nitrogens with two attached hydrogens (primary N) is 1. The number of benzene rings is 1. The Morgan fingerprint density at radius 1 is 1.44 bits per heavy atom. The van der Waals surface area contributed by atoms with Crippen molar-refractivity contribution in [2.75, 3.05) is 18.9 Å². The fraction of sp³-hybridized carbons (Fsp3) is 0.308. The van der Waals surface area contributed by atoms with Crippen LogP contribution in [0.2, 0.25) is 5.02 Å². The predicted molar refractivity (Wildman–Crippen MR) is 76.7 cm³/mol. The van der Waals surface area contributed by atoms with Crippen LogP contribution in [0.4, 0.5) is 5.69 Å². The maximum atomic E-state index is 5.96. The molecule has 0 spiro atoms. The van der Waals surface area contributed by atoms with Gasteiger partial charge in [0.05, 0.1) is 5.52 Å². The van der Waals surface area contributed by atoms with E-state index in [4.69, 9.17) is 17.4 Å². The molecule has 4 nitrogen and oxygen atoms in total. The highest BCUT2D eigenvalue weighted by atomic mass is 35.5. The molecule has 1 aromatic heterocycles. The van der Waals surface area contributed by atoms with E-state index in [9.17, 15) is 0 Å². The molecule has 5 heteroatoms. The summed E-state index contributed by atoms with van der Waals surface area (Å²) in [4.78, 5) is 4.31. The first kappa shape index (κ1) is 13.1. The monoisotopic (exact) mass is 264 g/mol. The van der Waals surface area contributed by atoms with Crippen molar-refractivity contribution in [3.8, 4) is 0 Å². The molecule has 0 amide bonds. The summed E-state index contributed by atoms with van der Waals surface area (Å²) in [7, 11) is 1.85. The van der Waals surface area contributed by atoms with E-state index < -0.39 is 0 Å². The summed E-state index contributed by atoms with van der Waals surface area (Å²) in [6.07, 6.45) is 1.78. The first-order valence-electron chi connectivity index (χ1n) is 5.83. The molecule has 0 saturated carbocycles. The molecule has 2 aromatic rings. The van der Waals surface area contributed by atoms with Crippen molar-refractivity contribution in [2.45, 2.75) is 13.0 Å². The number of hydrazine groups is 1. The SMILES string of the molecule is CC(CN(C)N)Nc1ccnc2cc(Cl)ccc12. The molecule has 96 valence electrons. The Bertz CT molecular complexity index is 542. The Morgan fingerprint density at radius 2 is 2.22 bits per heavy atom. The molecule has 18 heavy (non-hydrogen) atoms. The number of rotatable bonds is 4. The molecule has 0 radical (unpaired) electrons. The standard InChI is InChI=1S/C13H17ClN4/c1-9(8-18(2)15)17-12-5-6-16-13-7-10(14)3-4-11(12)13/h3-7,9H,8,15H2,1-2H3,(H,16,17). The first-order valence-corrected chi connectivity index (χ1v) is 6.20. The van der Waals surface area contributed by atoms with Gasteiger partial charge in [0, 0.05) is 41.9 Å². The third kappa shape index (κ3) is 3.10. The molecule has 2 rings (SSSR count). The maximum absolute atomic E-state index is 5.96. The molecule has 0 aliphatic rings. The van der Waals surface area contributed by atoms with Gasteiger partial charge in [0.2, 0.25) is 0 Å². The Hall–Kier alpha value is -1.36. The molecular formula is C13H17ClN4. The Balaban J connectivity index is 2.28. The van der Waals surface area contributed by atoms with Crippen LogP contribution in [-0.2, 0) is 0 Å². The zero-order chi connectivity index (χ0) is 13.1. The zero-order valence-corrected chi connectivity index (χ0v) is 11.3. The van der Waals surface area contributed by atoms with Crippen LogP contribution >= 0.6 is 11.6 Å². The lowest BCUT2D eigenvalue weighted by atomic mass is 10.1. The first-order chi connectivity index (χ1) is 8.56. The third-order valence-electron chi connectivity index (χ3n) is 2.67. The molecule has 1 aromatic carbocycles. The second-order valence-electron chi connectivity index (χ2n) is 4.50. The highest BCUT2D eigenvalue weighted by molar-refractivity contribution is 6.31. The smallest absolute Gasteiger partial charge is 0.0737 e. The van der Waals surface area contributed by atoms with Gasteiger partial charge in [-0.1, -0.05) is 11.6 Å². The summed E-state index contributed by atoms with van der Waals surface area (Å²) in [5.74, 6) is 5.64. The van der Waals surface area contributed by atoms with Crippen molar-refractivity contribution in [1.29, 1.82) is 0 Å². The van der Waals surface area contributed by atoms with Crippen molar-refractivity contribution in [3.63, 3.8) is 0 Å². The quantitative estimate of drug-likeness (QED) is 0.658. The fourth-order valence-corrected chi connectivity index (χ4v) is 2.16. The highest BCUT2D eigenvalue weighted by Crippen LogP contribution is 2.24. The minimum Gasteiger partial charge on any atom is -0.381 e. The van der Waals surface area contributed by atoms with Crippen LogP contribution < -0.4 is 11.2 Å². The number of halogens is 1. The average molecular weight is 265 g/mol. The second kappa shape index (κ2) is 5.52. The van der Waals surface area contributed by atoms with Gasteiger partial charge in [0.1, 0.15) is 0 Å². The van der Waals surface area contributed by atoms with E-state index >= 15 is 0 Å². The van der Waals surface area contributed by atoms with Gasteiger partial charge in [-0.25, -0.2) is 5.01 Å². The number of likely N-dealkylation sites (N-methyl/N-ethyl adjacent to an activating group) is 1. The molecule has 3 N–H and O–H groups in total. The summed E-state index contributed by atoms with van der Waals surface area (Å²) in [6.45, 7) is 2.85. The van der Waals surface area contributed by atoms with Crippen molar-refractivity contribution in [2.24, 2.45) is 5.84 Å².